The molecule has 5 aromatic rings. The fourth-order valence-corrected chi connectivity index (χ4v) is 4.79. The van der Waals surface area contributed by atoms with Gasteiger partial charge in [0.15, 0.2) is 0 Å². The van der Waals surface area contributed by atoms with Crippen LogP contribution < -0.4 is 10.7 Å². The molecular weight excluding hydrogens is 340 g/mol. The molecule has 0 aromatic heterocycles. The molecule has 0 amide bonds. The largest absolute Gasteiger partial charge is 0.247 e. The molecule has 0 bridgehead atoms. The first-order valence-corrected chi connectivity index (χ1v) is 9.54. The molecule has 2 heterocycles. The third kappa shape index (κ3) is 1.64. The van der Waals surface area contributed by atoms with Crippen LogP contribution in [0.2, 0.25) is 0 Å². The molecule has 128 valence electrons. The molecule has 0 N–H and O–H groups in total. The minimum atomic E-state index is 1.02. The highest BCUT2D eigenvalue weighted by Crippen LogP contribution is 2.35. The van der Waals surface area contributed by atoms with E-state index in [4.69, 9.17) is 9.98 Å². The van der Waals surface area contributed by atoms with Gasteiger partial charge in [0.1, 0.15) is 0 Å². The van der Waals surface area contributed by atoms with Crippen LogP contribution in [0, 0.1) is 10.4 Å². The van der Waals surface area contributed by atoms with Crippen molar-refractivity contribution in [1.82, 2.24) is 0 Å². The molecule has 2 heteroatoms. The summed E-state index contributed by atoms with van der Waals surface area (Å²) in [6.07, 6.45) is 0. The molecule has 0 atom stereocenters. The van der Waals surface area contributed by atoms with E-state index in [0.29, 0.717) is 0 Å². The van der Waals surface area contributed by atoms with Crippen molar-refractivity contribution in [2.75, 3.05) is 0 Å². The highest BCUT2D eigenvalue weighted by atomic mass is 14.8. The van der Waals surface area contributed by atoms with E-state index < -0.39 is 0 Å². The predicted molar refractivity (Wildman–Crippen MR) is 113 cm³/mol. The average Bonchev–Trinajstić information content (AvgIpc) is 3.32. The molecule has 5 aromatic carbocycles. The Bertz CT molecular complexity index is 1710. The summed E-state index contributed by atoms with van der Waals surface area (Å²) in [6, 6.07) is 29.9. The second kappa shape index (κ2) is 4.93. The lowest BCUT2D eigenvalue weighted by molar-refractivity contribution is 1.36. The van der Waals surface area contributed by atoms with Crippen LogP contribution in [0.5, 0.6) is 0 Å². The Morgan fingerprint density at radius 3 is 1.89 bits per heavy atom. The Morgan fingerprint density at radius 2 is 1.04 bits per heavy atom. The third-order valence-corrected chi connectivity index (χ3v) is 5.97. The van der Waals surface area contributed by atoms with Crippen LogP contribution >= 0.6 is 0 Å². The second-order valence-electron chi connectivity index (χ2n) is 7.41. The molecule has 2 aliphatic heterocycles. The monoisotopic (exact) mass is 354 g/mol. The molecule has 0 spiro atoms. The number of hydrogen-bond donors (Lipinski definition) is 0. The topological polar surface area (TPSA) is 24.7 Å². The standard InChI is InChI=1S/C26H14N2/c1-3-10-18-15(7-1)16-8-2-4-11-19(16)25-23(18)24-22(28-25)14-13-20-17-9-5-6-12-21(17)27-26(20)24/h1-14H. The maximum atomic E-state index is 5.07. The second-order valence-corrected chi connectivity index (χ2v) is 7.41. The predicted octanol–water partition coefficient (Wildman–Crippen LogP) is 5.48. The molecule has 7 rings (SSSR count). The van der Waals surface area contributed by atoms with Gasteiger partial charge in [-0.15, -0.1) is 0 Å². The Labute approximate surface area is 160 Å². The quantitative estimate of drug-likeness (QED) is 0.322. The summed E-state index contributed by atoms with van der Waals surface area (Å²) in [5, 5.41) is 9.50. The van der Waals surface area contributed by atoms with E-state index in [2.05, 4.69) is 84.9 Å². The smallest absolute Gasteiger partial charge is 0.0817 e. The van der Waals surface area contributed by atoms with Gasteiger partial charge in [0.05, 0.1) is 22.1 Å². The summed E-state index contributed by atoms with van der Waals surface area (Å²) < 4.78 is 0. The van der Waals surface area contributed by atoms with Crippen LogP contribution in [0.3, 0.4) is 0 Å². The van der Waals surface area contributed by atoms with Gasteiger partial charge in [-0.1, -0.05) is 66.7 Å². The minimum absolute atomic E-state index is 1.02. The van der Waals surface area contributed by atoms with Gasteiger partial charge >= 0.3 is 0 Å². The van der Waals surface area contributed by atoms with Gasteiger partial charge in [-0.05, 0) is 34.4 Å². The lowest BCUT2D eigenvalue weighted by Gasteiger charge is -2.04. The van der Waals surface area contributed by atoms with Gasteiger partial charge in [0.2, 0.25) is 0 Å². The maximum Gasteiger partial charge on any atom is 0.0817 e. The molecule has 28 heavy (non-hydrogen) atoms. The van der Waals surface area contributed by atoms with Crippen molar-refractivity contribution < 1.29 is 0 Å². The van der Waals surface area contributed by atoms with E-state index in [9.17, 15) is 0 Å². The molecule has 0 unspecified atom stereocenters. The summed E-state index contributed by atoms with van der Waals surface area (Å²) in [6.45, 7) is 0. The van der Waals surface area contributed by atoms with Gasteiger partial charge in [-0.25, -0.2) is 9.98 Å². The Hall–Kier alpha value is -3.78. The lowest BCUT2D eigenvalue weighted by atomic mass is 9.98. The van der Waals surface area contributed by atoms with Crippen molar-refractivity contribution >= 4 is 32.9 Å². The van der Waals surface area contributed by atoms with Crippen molar-refractivity contribution in [3.63, 3.8) is 0 Å². The summed E-state index contributed by atoms with van der Waals surface area (Å²) in [7, 11) is 0. The third-order valence-electron chi connectivity index (χ3n) is 5.97. The summed E-state index contributed by atoms with van der Waals surface area (Å²) in [5.74, 6) is 0. The van der Waals surface area contributed by atoms with Crippen LogP contribution in [0.1, 0.15) is 0 Å². The van der Waals surface area contributed by atoms with Crippen LogP contribution in [0.4, 0.5) is 11.4 Å². The van der Waals surface area contributed by atoms with Crippen molar-refractivity contribution in [3.8, 4) is 11.1 Å². The first-order valence-electron chi connectivity index (χ1n) is 9.54. The first-order chi connectivity index (χ1) is 13.9. The van der Waals surface area contributed by atoms with E-state index in [-0.39, 0.29) is 0 Å². The SMILES string of the molecule is c1ccc2c(c1)N=c1c-2ccc2c1=c1c(c3ccccc3c3ccccc13)=N2. The van der Waals surface area contributed by atoms with E-state index in [1.807, 2.05) is 0 Å². The van der Waals surface area contributed by atoms with Gasteiger partial charge in [-0.2, -0.15) is 0 Å². The van der Waals surface area contributed by atoms with Crippen molar-refractivity contribution in [1.29, 1.82) is 0 Å². The highest BCUT2D eigenvalue weighted by Gasteiger charge is 2.19. The zero-order valence-electron chi connectivity index (χ0n) is 15.0. The number of rotatable bonds is 0. The van der Waals surface area contributed by atoms with Crippen molar-refractivity contribution in [2.45, 2.75) is 0 Å². The summed E-state index contributed by atoms with van der Waals surface area (Å²) >= 11 is 0. The van der Waals surface area contributed by atoms with Crippen LogP contribution in [0.15, 0.2) is 94.9 Å². The van der Waals surface area contributed by atoms with E-state index in [0.717, 1.165) is 22.1 Å². The average molecular weight is 354 g/mol. The first kappa shape index (κ1) is 14.3. The number of fused-ring (bicyclic) bond motifs is 11. The summed E-state index contributed by atoms with van der Waals surface area (Å²) in [5.41, 5.74) is 4.48. The minimum Gasteiger partial charge on any atom is -0.247 e. The van der Waals surface area contributed by atoms with E-state index >= 15 is 0 Å². The van der Waals surface area contributed by atoms with Crippen molar-refractivity contribution in [2.24, 2.45) is 9.98 Å². The number of benzene rings is 5. The van der Waals surface area contributed by atoms with Gasteiger partial charge in [0.25, 0.3) is 0 Å². The fourth-order valence-electron chi connectivity index (χ4n) is 4.79. The molecule has 2 aliphatic rings. The lowest BCUT2D eigenvalue weighted by Crippen LogP contribution is -2.08. The maximum absolute atomic E-state index is 5.07. The normalized spacial score (nSPS) is 12.9. The molecule has 0 radical (unpaired) electrons. The van der Waals surface area contributed by atoms with Crippen LogP contribution in [-0.2, 0) is 0 Å². The zero-order valence-corrected chi connectivity index (χ0v) is 15.0. The van der Waals surface area contributed by atoms with Crippen molar-refractivity contribution in [3.05, 3.63) is 106 Å². The molecule has 2 nitrogen and oxygen atoms in total. The van der Waals surface area contributed by atoms with Crippen LogP contribution in [0.25, 0.3) is 32.7 Å². The molecule has 0 fully saturated rings. The zero-order chi connectivity index (χ0) is 18.2. The summed E-state index contributed by atoms with van der Waals surface area (Å²) in [4.78, 5) is 10.1. The van der Waals surface area contributed by atoms with E-state index in [1.54, 1.807) is 0 Å². The van der Waals surface area contributed by atoms with Gasteiger partial charge in [0, 0.05) is 27.0 Å². The molecule has 0 aliphatic carbocycles. The molecule has 0 saturated carbocycles. The highest BCUT2D eigenvalue weighted by molar-refractivity contribution is 6.07. The molecule has 0 saturated heterocycles. The Morgan fingerprint density at radius 1 is 0.393 bits per heavy atom. The molecular formula is C26H14N2. The van der Waals surface area contributed by atoms with Crippen LogP contribution in [-0.4, -0.2) is 0 Å². The number of nitrogens with zero attached hydrogens (tertiary/aromatic N) is 2. The number of para-hydroxylation sites is 1. The number of hydrogen-bond acceptors (Lipinski definition) is 2. The van der Waals surface area contributed by atoms with Gasteiger partial charge in [-0.3, -0.25) is 0 Å². The Kier molecular flexibility index (Phi) is 2.52. The fraction of sp³-hybridized carbons (Fsp3) is 0. The van der Waals surface area contributed by atoms with Gasteiger partial charge < -0.3 is 0 Å². The Balaban J connectivity index is 1.86. The van der Waals surface area contributed by atoms with E-state index in [1.165, 1.54) is 43.1 Å².